The van der Waals surface area contributed by atoms with E-state index in [-0.39, 0.29) is 28.9 Å². The van der Waals surface area contributed by atoms with Crippen molar-refractivity contribution in [3.8, 4) is 0 Å². The quantitative estimate of drug-likeness (QED) is 0.515. The molecule has 10 heteroatoms. The number of hydrogen-bond acceptors (Lipinski definition) is 7. The summed E-state index contributed by atoms with van der Waals surface area (Å²) in [6, 6.07) is 12.8. The highest BCUT2D eigenvalue weighted by Crippen LogP contribution is 2.24. The predicted molar refractivity (Wildman–Crippen MR) is 112 cm³/mol. The van der Waals surface area contributed by atoms with E-state index in [1.54, 1.807) is 48.8 Å². The summed E-state index contributed by atoms with van der Waals surface area (Å²) in [6.45, 7) is -0.251. The molecule has 3 rings (SSSR count). The number of carbonyl (C=O) groups is 2. The Kier molecular flexibility index (Phi) is 6.40. The molecule has 0 aliphatic rings. The molecule has 0 N–H and O–H groups in total. The molecule has 0 atom stereocenters. The molecule has 0 spiro atoms. The Morgan fingerprint density at radius 3 is 2.43 bits per heavy atom. The van der Waals surface area contributed by atoms with Crippen LogP contribution in [0.15, 0.2) is 63.4 Å². The number of hydrogen-bond donors (Lipinski definition) is 0. The minimum atomic E-state index is -3.71. The van der Waals surface area contributed by atoms with E-state index in [4.69, 9.17) is 9.15 Å². The second-order valence-electron chi connectivity index (χ2n) is 6.44. The summed E-state index contributed by atoms with van der Waals surface area (Å²) in [5, 5.41) is 1.57. The predicted octanol–water partition coefficient (Wildman–Crippen LogP) is 3.23. The second kappa shape index (κ2) is 8.82. The van der Waals surface area contributed by atoms with Crippen LogP contribution in [0.5, 0.6) is 0 Å². The van der Waals surface area contributed by atoms with E-state index in [0.29, 0.717) is 10.6 Å². The summed E-state index contributed by atoms with van der Waals surface area (Å²) >= 11 is 1.31. The molecular formula is C20H20N2O6S2. The third-order valence-corrected chi connectivity index (χ3v) is 6.79. The van der Waals surface area contributed by atoms with Gasteiger partial charge in [-0.2, -0.15) is 0 Å². The standard InChI is InChI=1S/C20H20N2O6S2/c1-21(2)30(25,26)18-11-10-14(28-18)13-27-20(24)15-7-4-5-8-16(15)22(3)19(23)17-9-6-12-29-17/h4-12H,13H2,1-3H3. The van der Waals surface area contributed by atoms with E-state index >= 15 is 0 Å². The Morgan fingerprint density at radius 2 is 1.77 bits per heavy atom. The Morgan fingerprint density at radius 1 is 1.03 bits per heavy atom. The maximum Gasteiger partial charge on any atom is 0.340 e. The number of esters is 1. The van der Waals surface area contributed by atoms with Crippen molar-refractivity contribution in [2.75, 3.05) is 26.0 Å². The van der Waals surface area contributed by atoms with Gasteiger partial charge in [0, 0.05) is 21.1 Å². The highest BCUT2D eigenvalue weighted by Gasteiger charge is 2.23. The average molecular weight is 449 g/mol. The van der Waals surface area contributed by atoms with Crippen LogP contribution in [-0.2, 0) is 21.4 Å². The molecule has 8 nitrogen and oxygen atoms in total. The van der Waals surface area contributed by atoms with Gasteiger partial charge < -0.3 is 14.1 Å². The molecule has 0 saturated heterocycles. The lowest BCUT2D eigenvalue weighted by Gasteiger charge is -2.19. The van der Waals surface area contributed by atoms with E-state index in [9.17, 15) is 18.0 Å². The van der Waals surface area contributed by atoms with E-state index in [2.05, 4.69) is 0 Å². The van der Waals surface area contributed by atoms with Crippen LogP contribution in [0.4, 0.5) is 5.69 Å². The van der Waals surface area contributed by atoms with Crippen molar-refractivity contribution >= 4 is 38.9 Å². The summed E-state index contributed by atoms with van der Waals surface area (Å²) in [5.41, 5.74) is 0.605. The van der Waals surface area contributed by atoms with Crippen molar-refractivity contribution in [3.63, 3.8) is 0 Å². The van der Waals surface area contributed by atoms with Gasteiger partial charge in [-0.05, 0) is 35.7 Å². The van der Waals surface area contributed by atoms with Crippen LogP contribution in [0.3, 0.4) is 0 Å². The molecule has 0 aliphatic carbocycles. The SMILES string of the molecule is CN(C(=O)c1cccs1)c1ccccc1C(=O)OCc1ccc(S(=O)(=O)N(C)C)o1. The number of furan rings is 1. The first kappa shape index (κ1) is 21.8. The minimum Gasteiger partial charge on any atom is -0.454 e. The lowest BCUT2D eigenvalue weighted by Crippen LogP contribution is -2.27. The number of rotatable bonds is 7. The third kappa shape index (κ3) is 4.45. The van der Waals surface area contributed by atoms with E-state index < -0.39 is 16.0 Å². The normalized spacial score (nSPS) is 11.5. The van der Waals surface area contributed by atoms with Crippen LogP contribution < -0.4 is 4.90 Å². The van der Waals surface area contributed by atoms with E-state index in [1.807, 2.05) is 0 Å². The number of anilines is 1. The topological polar surface area (TPSA) is 97.1 Å². The summed E-state index contributed by atoms with van der Waals surface area (Å²) in [4.78, 5) is 27.2. The Balaban J connectivity index is 1.74. The lowest BCUT2D eigenvalue weighted by atomic mass is 10.1. The molecule has 0 fully saturated rings. The first-order valence-electron chi connectivity index (χ1n) is 8.80. The van der Waals surface area contributed by atoms with Gasteiger partial charge in [0.05, 0.1) is 16.1 Å². The Hall–Kier alpha value is -2.95. The van der Waals surface area contributed by atoms with Crippen LogP contribution in [0.25, 0.3) is 0 Å². The molecule has 0 radical (unpaired) electrons. The van der Waals surface area contributed by atoms with Crippen molar-refractivity contribution < 1.29 is 27.2 Å². The molecule has 1 aromatic carbocycles. The lowest BCUT2D eigenvalue weighted by molar-refractivity contribution is 0.0441. The van der Waals surface area contributed by atoms with Crippen molar-refractivity contribution in [2.45, 2.75) is 11.7 Å². The number of thiophene rings is 1. The van der Waals surface area contributed by atoms with E-state index in [1.165, 1.54) is 42.5 Å². The number of carbonyl (C=O) groups excluding carboxylic acids is 2. The zero-order valence-electron chi connectivity index (χ0n) is 16.6. The molecule has 0 unspecified atom stereocenters. The van der Waals surface area contributed by atoms with Gasteiger partial charge in [-0.25, -0.2) is 17.5 Å². The molecule has 0 aliphatic heterocycles. The number of para-hydroxylation sites is 1. The first-order chi connectivity index (χ1) is 14.2. The summed E-state index contributed by atoms with van der Waals surface area (Å²) < 4.78 is 35.7. The molecule has 0 saturated carbocycles. The summed E-state index contributed by atoms with van der Waals surface area (Å²) in [6.07, 6.45) is 0. The van der Waals surface area contributed by atoms with Crippen LogP contribution >= 0.6 is 11.3 Å². The average Bonchev–Trinajstić information content (AvgIpc) is 3.43. The fourth-order valence-electron chi connectivity index (χ4n) is 2.58. The summed E-state index contributed by atoms with van der Waals surface area (Å²) in [5.74, 6) is -0.719. The first-order valence-corrected chi connectivity index (χ1v) is 11.1. The van der Waals surface area contributed by atoms with Crippen molar-refractivity contribution in [2.24, 2.45) is 0 Å². The Labute approximate surface area is 178 Å². The fourth-order valence-corrected chi connectivity index (χ4v) is 4.09. The molecule has 158 valence electrons. The summed E-state index contributed by atoms with van der Waals surface area (Å²) in [7, 11) is 0.652. The highest BCUT2D eigenvalue weighted by atomic mass is 32.2. The molecular weight excluding hydrogens is 428 g/mol. The van der Waals surface area contributed by atoms with Crippen molar-refractivity contribution in [1.29, 1.82) is 0 Å². The van der Waals surface area contributed by atoms with Crippen LogP contribution in [0.2, 0.25) is 0 Å². The number of nitrogens with zero attached hydrogens (tertiary/aromatic N) is 2. The number of ether oxygens (including phenoxy) is 1. The minimum absolute atomic E-state index is 0.185. The molecule has 30 heavy (non-hydrogen) atoms. The van der Waals surface area contributed by atoms with Gasteiger partial charge in [-0.1, -0.05) is 18.2 Å². The van der Waals surface area contributed by atoms with Gasteiger partial charge in [0.25, 0.3) is 15.9 Å². The van der Waals surface area contributed by atoms with Crippen molar-refractivity contribution in [3.05, 3.63) is 70.1 Å². The number of benzene rings is 1. The highest BCUT2D eigenvalue weighted by molar-refractivity contribution is 7.88. The van der Waals surface area contributed by atoms with E-state index in [0.717, 1.165) is 4.31 Å². The van der Waals surface area contributed by atoms with Gasteiger partial charge in [-0.15, -0.1) is 11.3 Å². The third-order valence-electron chi connectivity index (χ3n) is 4.24. The van der Waals surface area contributed by atoms with Gasteiger partial charge >= 0.3 is 5.97 Å². The molecule has 0 bridgehead atoms. The van der Waals surface area contributed by atoms with Gasteiger partial charge in [0.15, 0.2) is 0 Å². The number of amides is 1. The largest absolute Gasteiger partial charge is 0.454 e. The van der Waals surface area contributed by atoms with Crippen LogP contribution in [0.1, 0.15) is 25.8 Å². The van der Waals surface area contributed by atoms with Crippen LogP contribution in [-0.4, -0.2) is 45.7 Å². The maximum absolute atomic E-state index is 12.6. The zero-order chi connectivity index (χ0) is 21.9. The monoisotopic (exact) mass is 448 g/mol. The Bertz CT molecular complexity index is 1150. The van der Waals surface area contributed by atoms with Gasteiger partial charge in [-0.3, -0.25) is 4.79 Å². The number of sulfonamides is 1. The van der Waals surface area contributed by atoms with Gasteiger partial charge in [0.1, 0.15) is 12.4 Å². The smallest absolute Gasteiger partial charge is 0.340 e. The molecule has 1 amide bonds. The molecule has 2 aromatic heterocycles. The molecule has 3 aromatic rings. The fraction of sp³-hybridized carbons (Fsp3) is 0.200. The second-order valence-corrected chi connectivity index (χ2v) is 9.47. The van der Waals surface area contributed by atoms with Crippen molar-refractivity contribution in [1.82, 2.24) is 4.31 Å². The van der Waals surface area contributed by atoms with Gasteiger partial charge in [0.2, 0.25) is 5.09 Å². The zero-order valence-corrected chi connectivity index (χ0v) is 18.2. The van der Waals surface area contributed by atoms with Crippen LogP contribution in [0, 0.1) is 0 Å². The maximum atomic E-state index is 12.6. The molecule has 2 heterocycles.